The van der Waals surface area contributed by atoms with Crippen molar-refractivity contribution in [3.63, 3.8) is 0 Å². The Balaban J connectivity index is 1.68. The first-order valence-electron chi connectivity index (χ1n) is 5.99. The van der Waals surface area contributed by atoms with Gasteiger partial charge in [-0.3, -0.25) is 0 Å². The zero-order chi connectivity index (χ0) is 13.2. The molecule has 0 radical (unpaired) electrons. The van der Waals surface area contributed by atoms with Crippen LogP contribution in [0.15, 0.2) is 22.6 Å². The molecule has 1 aliphatic carbocycles. The molecule has 2 N–H and O–H groups in total. The SMILES string of the molecule is Fc1cccc(F)c1Nc1nnc(CNC2CC2)o1. The zero-order valence-corrected chi connectivity index (χ0v) is 9.99. The van der Waals surface area contributed by atoms with Crippen LogP contribution < -0.4 is 10.6 Å². The van der Waals surface area contributed by atoms with Crippen LogP contribution in [0.4, 0.5) is 20.5 Å². The molecule has 0 unspecified atom stereocenters. The van der Waals surface area contributed by atoms with Gasteiger partial charge in [-0.2, -0.15) is 0 Å². The number of nitrogens with one attached hydrogen (secondary N) is 2. The van der Waals surface area contributed by atoms with E-state index in [1.54, 1.807) is 0 Å². The number of anilines is 2. The van der Waals surface area contributed by atoms with Crippen molar-refractivity contribution in [1.82, 2.24) is 15.5 Å². The molecule has 0 amide bonds. The summed E-state index contributed by atoms with van der Waals surface area (Å²) in [5.74, 6) is -1.04. The van der Waals surface area contributed by atoms with Crippen molar-refractivity contribution in [2.24, 2.45) is 0 Å². The van der Waals surface area contributed by atoms with Crippen LogP contribution in [0.5, 0.6) is 0 Å². The Morgan fingerprint density at radius 2 is 1.95 bits per heavy atom. The number of hydrogen-bond donors (Lipinski definition) is 2. The van der Waals surface area contributed by atoms with E-state index < -0.39 is 11.6 Å². The van der Waals surface area contributed by atoms with Crippen LogP contribution in [0.25, 0.3) is 0 Å². The smallest absolute Gasteiger partial charge is 0.320 e. The van der Waals surface area contributed by atoms with Gasteiger partial charge in [0.15, 0.2) is 0 Å². The van der Waals surface area contributed by atoms with Gasteiger partial charge in [0.25, 0.3) is 0 Å². The van der Waals surface area contributed by atoms with Gasteiger partial charge in [0.05, 0.1) is 6.54 Å². The molecule has 0 saturated heterocycles. The van der Waals surface area contributed by atoms with Crippen LogP contribution >= 0.6 is 0 Å². The number of aromatic nitrogens is 2. The van der Waals surface area contributed by atoms with E-state index in [9.17, 15) is 8.78 Å². The molecule has 1 aliphatic rings. The second-order valence-electron chi connectivity index (χ2n) is 4.38. The average molecular weight is 266 g/mol. The van der Waals surface area contributed by atoms with Crippen LogP contribution in [0.2, 0.25) is 0 Å². The van der Waals surface area contributed by atoms with E-state index >= 15 is 0 Å². The lowest BCUT2D eigenvalue weighted by Crippen LogP contribution is -2.15. The highest BCUT2D eigenvalue weighted by Crippen LogP contribution is 2.23. The Hall–Kier alpha value is -2.02. The van der Waals surface area contributed by atoms with Crippen molar-refractivity contribution in [3.8, 4) is 0 Å². The monoisotopic (exact) mass is 266 g/mol. The first kappa shape index (κ1) is 12.0. The predicted molar refractivity (Wildman–Crippen MR) is 63.8 cm³/mol. The summed E-state index contributed by atoms with van der Waals surface area (Å²) >= 11 is 0. The maximum absolute atomic E-state index is 13.4. The minimum atomic E-state index is -0.712. The molecule has 19 heavy (non-hydrogen) atoms. The molecule has 1 saturated carbocycles. The molecular weight excluding hydrogens is 254 g/mol. The molecule has 7 heteroatoms. The zero-order valence-electron chi connectivity index (χ0n) is 9.99. The summed E-state index contributed by atoms with van der Waals surface area (Å²) in [5.41, 5.74) is -0.298. The molecule has 0 aliphatic heterocycles. The van der Waals surface area contributed by atoms with Crippen LogP contribution in [-0.4, -0.2) is 16.2 Å². The lowest BCUT2D eigenvalue weighted by Gasteiger charge is -2.03. The summed E-state index contributed by atoms with van der Waals surface area (Å²) in [5, 5.41) is 13.1. The summed E-state index contributed by atoms with van der Waals surface area (Å²) in [6.45, 7) is 0.457. The van der Waals surface area contributed by atoms with Crippen molar-refractivity contribution in [3.05, 3.63) is 35.7 Å². The fraction of sp³-hybridized carbons (Fsp3) is 0.333. The number of benzene rings is 1. The Labute approximate surface area is 108 Å². The van der Waals surface area contributed by atoms with E-state index in [4.69, 9.17) is 4.42 Å². The Morgan fingerprint density at radius 3 is 2.63 bits per heavy atom. The number of rotatable bonds is 5. The largest absolute Gasteiger partial charge is 0.406 e. The Bertz CT molecular complexity index is 563. The molecule has 1 aromatic heterocycles. The Morgan fingerprint density at radius 1 is 1.21 bits per heavy atom. The van der Waals surface area contributed by atoms with E-state index in [2.05, 4.69) is 20.8 Å². The van der Waals surface area contributed by atoms with E-state index in [1.807, 2.05) is 0 Å². The standard InChI is InChI=1S/C12H12F2N4O/c13-8-2-1-3-9(14)11(8)16-12-18-17-10(19-12)6-15-7-4-5-7/h1-3,7,15H,4-6H2,(H,16,18). The quantitative estimate of drug-likeness (QED) is 0.869. The second-order valence-corrected chi connectivity index (χ2v) is 4.38. The summed E-state index contributed by atoms with van der Waals surface area (Å²) in [6, 6.07) is 4.08. The summed E-state index contributed by atoms with van der Waals surface area (Å²) in [7, 11) is 0. The lowest BCUT2D eigenvalue weighted by atomic mass is 10.3. The van der Waals surface area contributed by atoms with Gasteiger partial charge in [-0.15, -0.1) is 5.10 Å². The number of halogens is 2. The third-order valence-electron chi connectivity index (χ3n) is 2.78. The molecule has 0 bridgehead atoms. The molecule has 1 fully saturated rings. The van der Waals surface area contributed by atoms with Gasteiger partial charge in [-0.25, -0.2) is 8.78 Å². The van der Waals surface area contributed by atoms with Crippen LogP contribution in [0.1, 0.15) is 18.7 Å². The van der Waals surface area contributed by atoms with Gasteiger partial charge in [0.2, 0.25) is 5.89 Å². The minimum absolute atomic E-state index is 0.0309. The van der Waals surface area contributed by atoms with Gasteiger partial charge in [0, 0.05) is 6.04 Å². The number of hydrogen-bond acceptors (Lipinski definition) is 5. The fourth-order valence-electron chi connectivity index (χ4n) is 1.62. The second kappa shape index (κ2) is 4.93. The third-order valence-corrected chi connectivity index (χ3v) is 2.78. The van der Waals surface area contributed by atoms with Gasteiger partial charge >= 0.3 is 6.01 Å². The summed E-state index contributed by atoms with van der Waals surface area (Å²) in [4.78, 5) is 0. The molecule has 5 nitrogen and oxygen atoms in total. The number of para-hydroxylation sites is 1. The first-order chi connectivity index (χ1) is 9.22. The van der Waals surface area contributed by atoms with Crippen molar-refractivity contribution < 1.29 is 13.2 Å². The van der Waals surface area contributed by atoms with Crippen molar-refractivity contribution in [2.45, 2.75) is 25.4 Å². The van der Waals surface area contributed by atoms with E-state index in [1.165, 1.54) is 6.07 Å². The van der Waals surface area contributed by atoms with E-state index in [0.717, 1.165) is 25.0 Å². The summed E-state index contributed by atoms with van der Waals surface area (Å²) in [6.07, 6.45) is 2.30. The van der Waals surface area contributed by atoms with Gasteiger partial charge in [-0.05, 0) is 25.0 Å². The molecule has 2 aromatic rings. The van der Waals surface area contributed by atoms with Crippen LogP contribution in [0.3, 0.4) is 0 Å². The predicted octanol–water partition coefficient (Wildman–Crippen LogP) is 2.34. The van der Waals surface area contributed by atoms with Crippen LogP contribution in [0, 0.1) is 11.6 Å². The maximum atomic E-state index is 13.4. The first-order valence-corrected chi connectivity index (χ1v) is 5.99. The third kappa shape index (κ3) is 2.87. The molecule has 1 aromatic carbocycles. The van der Waals surface area contributed by atoms with Crippen LogP contribution in [-0.2, 0) is 6.54 Å². The minimum Gasteiger partial charge on any atom is -0.406 e. The van der Waals surface area contributed by atoms with Crippen molar-refractivity contribution >= 4 is 11.7 Å². The molecule has 1 heterocycles. The highest BCUT2D eigenvalue weighted by Gasteiger charge is 2.21. The van der Waals surface area contributed by atoms with Crippen molar-refractivity contribution in [2.75, 3.05) is 5.32 Å². The summed E-state index contributed by atoms with van der Waals surface area (Å²) < 4.78 is 32.0. The lowest BCUT2D eigenvalue weighted by molar-refractivity contribution is 0.477. The number of nitrogens with zero attached hydrogens (tertiary/aromatic N) is 2. The highest BCUT2D eigenvalue weighted by atomic mass is 19.1. The molecular formula is C12H12F2N4O. The van der Waals surface area contributed by atoms with E-state index in [-0.39, 0.29) is 11.7 Å². The molecule has 100 valence electrons. The van der Waals surface area contributed by atoms with Gasteiger partial charge in [0.1, 0.15) is 17.3 Å². The topological polar surface area (TPSA) is 63.0 Å². The fourth-order valence-corrected chi connectivity index (χ4v) is 1.62. The molecule has 0 spiro atoms. The van der Waals surface area contributed by atoms with Crippen molar-refractivity contribution in [1.29, 1.82) is 0 Å². The highest BCUT2D eigenvalue weighted by molar-refractivity contribution is 5.53. The Kier molecular flexibility index (Phi) is 3.12. The van der Waals surface area contributed by atoms with Gasteiger partial charge < -0.3 is 15.1 Å². The van der Waals surface area contributed by atoms with Gasteiger partial charge in [-0.1, -0.05) is 11.2 Å². The average Bonchev–Trinajstić information content (AvgIpc) is 3.11. The molecule has 3 rings (SSSR count). The maximum Gasteiger partial charge on any atom is 0.320 e. The van der Waals surface area contributed by atoms with E-state index in [0.29, 0.717) is 18.5 Å². The normalized spacial score (nSPS) is 14.6. The molecule has 0 atom stereocenters.